The van der Waals surface area contributed by atoms with Crippen LogP contribution in [0.15, 0.2) is 110 Å². The molecule has 0 aromatic heterocycles. The first kappa shape index (κ1) is 49.4. The zero-order valence-electron chi connectivity index (χ0n) is 37.9. The number of ether oxygens (including phenoxy) is 5. The molecule has 6 rings (SSSR count). The number of amides is 2. The molecule has 0 saturated carbocycles. The third kappa shape index (κ3) is 11.9. The van der Waals surface area contributed by atoms with Gasteiger partial charge in [0.1, 0.15) is 18.8 Å². The normalized spacial score (nSPS) is 24.7. The van der Waals surface area contributed by atoms with Crippen LogP contribution >= 0.6 is 0 Å². The largest absolute Gasteiger partial charge is 0.478 e. The number of anilines is 2. The number of nitrogens with one attached hydrogen (secondary N) is 2. The van der Waals surface area contributed by atoms with Crippen molar-refractivity contribution in [1.29, 1.82) is 0 Å². The second kappa shape index (κ2) is 22.3. The Morgan fingerprint density at radius 2 is 0.923 bits per heavy atom. The molecule has 2 amide bonds. The Bertz CT molecular complexity index is 2380. The van der Waals surface area contributed by atoms with Crippen molar-refractivity contribution in [1.82, 2.24) is 0 Å². The van der Waals surface area contributed by atoms with Gasteiger partial charge in [0, 0.05) is 23.0 Å². The van der Waals surface area contributed by atoms with Gasteiger partial charge in [-0.2, -0.15) is 0 Å². The number of hydrogen-bond acceptors (Lipinski definition) is 11. The van der Waals surface area contributed by atoms with Crippen molar-refractivity contribution in [2.24, 2.45) is 35.5 Å². The fourth-order valence-corrected chi connectivity index (χ4v) is 8.15. The molecule has 65 heavy (non-hydrogen) atoms. The maximum atomic E-state index is 12.8. The van der Waals surface area contributed by atoms with Crippen molar-refractivity contribution < 1.29 is 57.6 Å². The lowest BCUT2D eigenvalue weighted by Gasteiger charge is -2.41. The summed E-state index contributed by atoms with van der Waals surface area (Å²) >= 11 is 0. The van der Waals surface area contributed by atoms with Gasteiger partial charge >= 0.3 is 24.1 Å². The van der Waals surface area contributed by atoms with Crippen LogP contribution in [0.2, 0.25) is 0 Å². The highest BCUT2D eigenvalue weighted by Crippen LogP contribution is 2.38. The molecule has 2 aliphatic heterocycles. The van der Waals surface area contributed by atoms with Gasteiger partial charge in [-0.05, 0) is 72.9 Å². The standard InChI is InChI=1S/C27H31NO6.C24H27NO6/c1-6-15-32-25(30)22-13-8-7-11-20(22)21-12-9-10-14-23(21)28-27(31)34-26-18(4)16(2)17(3)24(33-26)19(5)29;1-13-14(2)21(16(4)26)30-23(15(13)3)31-24(29)25-20-12-8-7-10-18(20)17-9-5-6-11-19(17)22(27)28/h6-14,16-18,24,26H,1,15H2,2-5H3,(H,28,31);5-15,21,23H,1-4H3,(H,25,29)(H,27,28). The summed E-state index contributed by atoms with van der Waals surface area (Å²) in [5.41, 5.74) is 3.63. The molecule has 2 aliphatic rings. The minimum Gasteiger partial charge on any atom is -0.478 e. The summed E-state index contributed by atoms with van der Waals surface area (Å²) in [6, 6.07) is 27.6. The fourth-order valence-electron chi connectivity index (χ4n) is 8.15. The van der Waals surface area contributed by atoms with Crippen LogP contribution in [0.3, 0.4) is 0 Å². The van der Waals surface area contributed by atoms with Gasteiger partial charge in [0.05, 0.1) is 22.5 Å². The van der Waals surface area contributed by atoms with E-state index in [1.54, 1.807) is 84.9 Å². The van der Waals surface area contributed by atoms with E-state index in [0.29, 0.717) is 39.2 Å². The Balaban J connectivity index is 0.000000245. The van der Waals surface area contributed by atoms with Gasteiger partial charge in [0.2, 0.25) is 12.6 Å². The molecule has 0 radical (unpaired) electrons. The Morgan fingerprint density at radius 1 is 0.554 bits per heavy atom. The summed E-state index contributed by atoms with van der Waals surface area (Å²) in [5.74, 6) is -1.65. The molecule has 0 bridgehead atoms. The number of Topliss-reactive ketones (excluding diaryl/α,β-unsaturated/α-hetero) is 2. The molecular formula is C51H58N2O12. The van der Waals surface area contributed by atoms with Crippen molar-refractivity contribution in [3.8, 4) is 22.3 Å². The van der Waals surface area contributed by atoms with Crippen molar-refractivity contribution in [3.63, 3.8) is 0 Å². The minimum absolute atomic E-state index is 0.0173. The van der Waals surface area contributed by atoms with Crippen LogP contribution in [-0.2, 0) is 33.3 Å². The van der Waals surface area contributed by atoms with Crippen LogP contribution in [0.1, 0.15) is 76.1 Å². The molecule has 14 nitrogen and oxygen atoms in total. The molecule has 2 fully saturated rings. The second-order valence-electron chi connectivity index (χ2n) is 16.7. The topological polar surface area (TPSA) is 193 Å². The Morgan fingerprint density at radius 3 is 1.32 bits per heavy atom. The van der Waals surface area contributed by atoms with E-state index in [-0.39, 0.29) is 59.2 Å². The predicted octanol–water partition coefficient (Wildman–Crippen LogP) is 10.3. The quantitative estimate of drug-likeness (QED) is 0.0693. The van der Waals surface area contributed by atoms with E-state index in [1.807, 2.05) is 47.6 Å². The number of ketones is 2. The molecule has 2 saturated heterocycles. The van der Waals surface area contributed by atoms with Gasteiger partial charge in [-0.1, -0.05) is 127 Å². The zero-order valence-corrected chi connectivity index (χ0v) is 37.9. The molecule has 4 aromatic carbocycles. The number of hydrogen-bond donors (Lipinski definition) is 3. The fraction of sp³-hybridized carbons (Fsp3) is 0.373. The van der Waals surface area contributed by atoms with Gasteiger partial charge < -0.3 is 28.8 Å². The smallest absolute Gasteiger partial charge is 0.413 e. The molecule has 2 heterocycles. The SMILES string of the molecule is C=CCOC(=O)c1ccccc1-c1ccccc1NC(=O)OC1OC(C(C)=O)C(C)C(C)C1C.CC(=O)C1OC(OC(=O)Nc2ccccc2-c2ccccc2C(=O)O)C(C)C(C)C1C. The molecule has 0 spiro atoms. The van der Waals surface area contributed by atoms with Crippen LogP contribution in [0.5, 0.6) is 0 Å². The van der Waals surface area contributed by atoms with Crippen molar-refractivity contribution in [3.05, 3.63) is 121 Å². The Kier molecular flexibility index (Phi) is 17.0. The van der Waals surface area contributed by atoms with Crippen LogP contribution in [0, 0.1) is 35.5 Å². The highest BCUT2D eigenvalue weighted by atomic mass is 16.7. The average Bonchev–Trinajstić information content (AvgIpc) is 3.28. The monoisotopic (exact) mass is 890 g/mol. The number of aromatic carboxylic acids is 1. The molecule has 10 atom stereocenters. The number of benzene rings is 4. The summed E-state index contributed by atoms with van der Waals surface area (Å²) in [6.07, 6.45) is -2.91. The number of carbonyl (C=O) groups excluding carboxylic acids is 5. The maximum absolute atomic E-state index is 12.8. The molecule has 0 aliphatic carbocycles. The first-order chi connectivity index (χ1) is 30.9. The maximum Gasteiger partial charge on any atom is 0.413 e. The van der Waals surface area contributed by atoms with Gasteiger partial charge in [0.15, 0.2) is 11.6 Å². The molecular weight excluding hydrogens is 833 g/mol. The lowest BCUT2D eigenvalue weighted by atomic mass is 9.78. The average molecular weight is 891 g/mol. The first-order valence-electron chi connectivity index (χ1n) is 21.6. The van der Waals surface area contributed by atoms with Crippen LogP contribution in [-0.4, -0.2) is 72.2 Å². The van der Waals surface area contributed by atoms with Crippen LogP contribution < -0.4 is 10.6 Å². The number of rotatable bonds is 12. The Hall–Kier alpha value is -6.64. The predicted molar refractivity (Wildman–Crippen MR) is 245 cm³/mol. The number of esters is 1. The number of para-hydroxylation sites is 2. The van der Waals surface area contributed by atoms with Crippen molar-refractivity contribution >= 4 is 47.1 Å². The van der Waals surface area contributed by atoms with E-state index in [2.05, 4.69) is 17.2 Å². The summed E-state index contributed by atoms with van der Waals surface area (Å²) < 4.78 is 28.0. The number of carboxylic acids is 1. The van der Waals surface area contributed by atoms with Crippen molar-refractivity contribution in [2.45, 2.75) is 80.2 Å². The molecule has 344 valence electrons. The highest BCUT2D eigenvalue weighted by Gasteiger charge is 2.44. The summed E-state index contributed by atoms with van der Waals surface area (Å²) in [6.45, 7) is 18.4. The molecule has 4 aromatic rings. The van der Waals surface area contributed by atoms with Gasteiger partial charge in [-0.25, -0.2) is 19.2 Å². The third-order valence-electron chi connectivity index (χ3n) is 12.5. The Labute approximate surface area is 379 Å². The van der Waals surface area contributed by atoms with Gasteiger partial charge in [0.25, 0.3) is 0 Å². The van der Waals surface area contributed by atoms with Gasteiger partial charge in [-0.3, -0.25) is 20.2 Å². The minimum atomic E-state index is -1.06. The molecule has 10 unspecified atom stereocenters. The first-order valence-corrected chi connectivity index (χ1v) is 21.6. The number of carboxylic acid groups (broad SMARTS) is 1. The van der Waals surface area contributed by atoms with Crippen LogP contribution in [0.4, 0.5) is 21.0 Å². The molecule has 14 heteroatoms. The zero-order chi connectivity index (χ0) is 47.5. The third-order valence-corrected chi connectivity index (χ3v) is 12.5. The summed E-state index contributed by atoms with van der Waals surface area (Å²) in [4.78, 5) is 73.6. The number of carbonyl (C=O) groups is 6. The highest BCUT2D eigenvalue weighted by molar-refractivity contribution is 6.02. The van der Waals surface area contributed by atoms with E-state index in [0.717, 1.165) is 0 Å². The van der Waals surface area contributed by atoms with E-state index in [9.17, 15) is 33.9 Å². The van der Waals surface area contributed by atoms with E-state index in [1.165, 1.54) is 26.0 Å². The van der Waals surface area contributed by atoms with E-state index >= 15 is 0 Å². The summed E-state index contributed by atoms with van der Waals surface area (Å²) in [7, 11) is 0. The lowest BCUT2D eigenvalue weighted by molar-refractivity contribution is -0.219. The van der Waals surface area contributed by atoms with E-state index in [4.69, 9.17) is 23.7 Å². The molecule has 3 N–H and O–H groups in total. The second-order valence-corrected chi connectivity index (χ2v) is 16.7. The van der Waals surface area contributed by atoms with Crippen molar-refractivity contribution in [2.75, 3.05) is 17.2 Å². The van der Waals surface area contributed by atoms with E-state index < -0.39 is 48.9 Å². The summed E-state index contributed by atoms with van der Waals surface area (Å²) in [5, 5.41) is 15.0. The van der Waals surface area contributed by atoms with Crippen LogP contribution in [0.25, 0.3) is 22.3 Å². The van der Waals surface area contributed by atoms with Gasteiger partial charge in [-0.15, -0.1) is 0 Å². The lowest BCUT2D eigenvalue weighted by Crippen LogP contribution is -2.49.